The van der Waals surface area contributed by atoms with E-state index in [-0.39, 0.29) is 5.41 Å². The first-order valence-corrected chi connectivity index (χ1v) is 5.60. The molecule has 0 amide bonds. The highest BCUT2D eigenvalue weighted by Crippen LogP contribution is 2.55. The van der Waals surface area contributed by atoms with Gasteiger partial charge in [0.1, 0.15) is 5.78 Å². The number of nitrogens with zero attached hydrogens (tertiary/aromatic N) is 1. The number of rotatable bonds is 0. The van der Waals surface area contributed by atoms with Gasteiger partial charge in [-0.05, 0) is 32.2 Å². The lowest BCUT2D eigenvalue weighted by Crippen LogP contribution is -2.52. The third-order valence-electron chi connectivity index (χ3n) is 4.22. The number of hydrogen-bond donors (Lipinski definition) is 0. The molecule has 2 saturated heterocycles. The van der Waals surface area contributed by atoms with Gasteiger partial charge in [0.2, 0.25) is 0 Å². The quantitative estimate of drug-likeness (QED) is 0.563. The third kappa shape index (κ3) is 1.01. The van der Waals surface area contributed by atoms with Gasteiger partial charge in [0.15, 0.2) is 0 Å². The van der Waals surface area contributed by atoms with Crippen LogP contribution in [0, 0.1) is 5.41 Å². The lowest BCUT2D eigenvalue weighted by molar-refractivity contribution is -0.132. The molecular formula is C11H17NO. The van der Waals surface area contributed by atoms with Crippen LogP contribution in [0.15, 0.2) is 0 Å². The van der Waals surface area contributed by atoms with Crippen molar-refractivity contribution in [3.8, 4) is 0 Å². The molecule has 2 aliphatic heterocycles. The van der Waals surface area contributed by atoms with Gasteiger partial charge in [0.05, 0.1) is 0 Å². The number of Topliss-reactive ketones (excluding diaryl/α,β-unsaturated/α-hetero) is 1. The van der Waals surface area contributed by atoms with Crippen molar-refractivity contribution < 1.29 is 4.79 Å². The predicted octanol–water partition coefficient (Wildman–Crippen LogP) is 1.59. The van der Waals surface area contributed by atoms with E-state index in [9.17, 15) is 4.79 Å². The normalized spacial score (nSPS) is 37.5. The Balaban J connectivity index is 1.87. The monoisotopic (exact) mass is 179 g/mol. The van der Waals surface area contributed by atoms with Crippen LogP contribution in [0.5, 0.6) is 0 Å². The van der Waals surface area contributed by atoms with E-state index in [1.165, 1.54) is 38.6 Å². The second-order valence-electron chi connectivity index (χ2n) is 4.88. The van der Waals surface area contributed by atoms with Crippen molar-refractivity contribution >= 4 is 5.78 Å². The average molecular weight is 179 g/mol. The van der Waals surface area contributed by atoms with Crippen LogP contribution in [-0.4, -0.2) is 29.8 Å². The molecule has 0 bridgehead atoms. The molecule has 1 spiro atoms. The van der Waals surface area contributed by atoms with Crippen LogP contribution in [-0.2, 0) is 4.79 Å². The zero-order valence-corrected chi connectivity index (χ0v) is 8.09. The first kappa shape index (κ1) is 7.98. The summed E-state index contributed by atoms with van der Waals surface area (Å²) in [5, 5.41) is 0. The Morgan fingerprint density at radius 1 is 1.23 bits per heavy atom. The predicted molar refractivity (Wildman–Crippen MR) is 50.5 cm³/mol. The van der Waals surface area contributed by atoms with Crippen LogP contribution >= 0.6 is 0 Å². The Morgan fingerprint density at radius 3 is 2.85 bits per heavy atom. The molecule has 1 saturated carbocycles. The molecular weight excluding hydrogens is 162 g/mol. The van der Waals surface area contributed by atoms with E-state index in [0.717, 1.165) is 13.0 Å². The Morgan fingerprint density at radius 2 is 2.08 bits per heavy atom. The average Bonchev–Trinajstić information content (AvgIpc) is 2.94. The highest BCUT2D eigenvalue weighted by Gasteiger charge is 2.58. The number of carbonyl (C=O) groups excluding carboxylic acids is 1. The van der Waals surface area contributed by atoms with Gasteiger partial charge >= 0.3 is 0 Å². The maximum atomic E-state index is 11.8. The molecule has 0 N–H and O–H groups in total. The van der Waals surface area contributed by atoms with Crippen molar-refractivity contribution in [2.45, 2.75) is 44.6 Å². The molecule has 0 aromatic rings. The van der Waals surface area contributed by atoms with E-state index in [4.69, 9.17) is 0 Å². The van der Waals surface area contributed by atoms with E-state index in [2.05, 4.69) is 4.90 Å². The summed E-state index contributed by atoms with van der Waals surface area (Å²) < 4.78 is 0. The van der Waals surface area contributed by atoms with Crippen LogP contribution in [0.1, 0.15) is 38.5 Å². The van der Waals surface area contributed by atoms with Crippen LogP contribution in [0.25, 0.3) is 0 Å². The number of hydrogen-bond acceptors (Lipinski definition) is 2. The van der Waals surface area contributed by atoms with Crippen LogP contribution < -0.4 is 0 Å². The third-order valence-corrected chi connectivity index (χ3v) is 4.22. The summed E-state index contributed by atoms with van der Waals surface area (Å²) in [6.45, 7) is 2.30. The summed E-state index contributed by atoms with van der Waals surface area (Å²) in [7, 11) is 0. The first-order chi connectivity index (χ1) is 6.33. The van der Waals surface area contributed by atoms with Crippen molar-refractivity contribution in [2.75, 3.05) is 13.1 Å². The van der Waals surface area contributed by atoms with E-state index >= 15 is 0 Å². The van der Waals surface area contributed by atoms with Crippen LogP contribution in [0.4, 0.5) is 0 Å². The molecule has 2 heterocycles. The highest BCUT2D eigenvalue weighted by atomic mass is 16.1. The van der Waals surface area contributed by atoms with Crippen LogP contribution in [0.2, 0.25) is 0 Å². The van der Waals surface area contributed by atoms with Gasteiger partial charge in [-0.15, -0.1) is 0 Å². The Bertz CT molecular complexity index is 244. The van der Waals surface area contributed by atoms with Gasteiger partial charge in [-0.3, -0.25) is 9.69 Å². The fraction of sp³-hybridized carbons (Fsp3) is 0.909. The summed E-state index contributed by atoms with van der Waals surface area (Å²) in [4.78, 5) is 14.4. The largest absolute Gasteiger partial charge is 0.299 e. The molecule has 2 heteroatoms. The molecule has 1 unspecified atom stereocenters. The Hall–Kier alpha value is -0.370. The Labute approximate surface area is 79.3 Å². The van der Waals surface area contributed by atoms with Gasteiger partial charge in [0.25, 0.3) is 0 Å². The number of carbonyl (C=O) groups is 1. The van der Waals surface area contributed by atoms with E-state index in [1.807, 2.05) is 0 Å². The summed E-state index contributed by atoms with van der Waals surface area (Å²) in [6, 6.07) is 0.641. The number of ketones is 1. The topological polar surface area (TPSA) is 20.3 Å². The number of fused-ring (bicyclic) bond motifs is 2. The van der Waals surface area contributed by atoms with Gasteiger partial charge in [-0.1, -0.05) is 6.42 Å². The fourth-order valence-electron chi connectivity index (χ4n) is 3.31. The minimum atomic E-state index is 0.165. The van der Waals surface area contributed by atoms with Gasteiger partial charge < -0.3 is 0 Å². The lowest BCUT2D eigenvalue weighted by Gasteiger charge is -2.44. The molecule has 2 nitrogen and oxygen atoms in total. The fourth-order valence-corrected chi connectivity index (χ4v) is 3.31. The summed E-state index contributed by atoms with van der Waals surface area (Å²) in [6.07, 6.45) is 7.18. The van der Waals surface area contributed by atoms with E-state index in [1.54, 1.807) is 0 Å². The smallest absolute Gasteiger partial charge is 0.141 e. The van der Waals surface area contributed by atoms with Crippen molar-refractivity contribution in [1.82, 2.24) is 4.90 Å². The lowest BCUT2D eigenvalue weighted by atomic mass is 9.80. The number of piperidine rings is 2. The molecule has 1 aliphatic carbocycles. The van der Waals surface area contributed by atoms with Gasteiger partial charge in [-0.25, -0.2) is 0 Å². The van der Waals surface area contributed by atoms with Crippen molar-refractivity contribution in [3.05, 3.63) is 0 Å². The highest BCUT2D eigenvalue weighted by molar-refractivity contribution is 5.89. The van der Waals surface area contributed by atoms with Crippen LogP contribution in [0.3, 0.4) is 0 Å². The van der Waals surface area contributed by atoms with Gasteiger partial charge in [0, 0.05) is 24.4 Å². The standard InChI is InChI=1S/C11H17NO/c13-10-4-8-12-7-2-1-3-9(12)11(10)5-6-11/h9H,1-8H2. The second kappa shape index (κ2) is 2.57. The minimum Gasteiger partial charge on any atom is -0.299 e. The SMILES string of the molecule is O=C1CCN2CCCCC2C12CC2. The summed E-state index contributed by atoms with van der Waals surface area (Å²) in [5.74, 6) is 0.579. The molecule has 0 aromatic carbocycles. The zero-order valence-electron chi connectivity index (χ0n) is 8.09. The first-order valence-electron chi connectivity index (χ1n) is 5.60. The molecule has 0 aromatic heterocycles. The zero-order chi connectivity index (χ0) is 8.89. The maximum absolute atomic E-state index is 11.8. The van der Waals surface area contributed by atoms with Crippen molar-refractivity contribution in [1.29, 1.82) is 0 Å². The molecule has 0 radical (unpaired) electrons. The van der Waals surface area contributed by atoms with Crippen molar-refractivity contribution in [2.24, 2.45) is 5.41 Å². The summed E-state index contributed by atoms with van der Waals surface area (Å²) in [5.41, 5.74) is 0.165. The maximum Gasteiger partial charge on any atom is 0.141 e. The molecule has 3 rings (SSSR count). The molecule has 1 atom stereocenters. The van der Waals surface area contributed by atoms with Crippen molar-refractivity contribution in [3.63, 3.8) is 0 Å². The second-order valence-corrected chi connectivity index (χ2v) is 4.88. The molecule has 3 aliphatic rings. The molecule has 13 heavy (non-hydrogen) atoms. The molecule has 72 valence electrons. The Kier molecular flexibility index (Phi) is 1.58. The van der Waals surface area contributed by atoms with Gasteiger partial charge in [-0.2, -0.15) is 0 Å². The minimum absolute atomic E-state index is 0.165. The van der Waals surface area contributed by atoms with E-state index < -0.39 is 0 Å². The van der Waals surface area contributed by atoms with E-state index in [0.29, 0.717) is 11.8 Å². The molecule has 3 fully saturated rings. The summed E-state index contributed by atoms with van der Waals surface area (Å²) >= 11 is 0.